The first-order chi connectivity index (χ1) is 7.51. The molecule has 88 valence electrons. The van der Waals surface area contributed by atoms with Crippen LogP contribution in [0.3, 0.4) is 0 Å². The molecule has 0 bridgehead atoms. The number of aromatic nitrogens is 1. The second kappa shape index (κ2) is 6.29. The van der Waals surface area contributed by atoms with Crippen LogP contribution in [0.4, 0.5) is 0 Å². The molecule has 0 fully saturated rings. The van der Waals surface area contributed by atoms with Crippen LogP contribution in [0.5, 0.6) is 0 Å². The quantitative estimate of drug-likeness (QED) is 0.446. The van der Waals surface area contributed by atoms with Gasteiger partial charge >= 0.3 is 0 Å². The lowest BCUT2D eigenvalue weighted by atomic mass is 10.5. The zero-order chi connectivity index (χ0) is 12.0. The summed E-state index contributed by atoms with van der Waals surface area (Å²) in [4.78, 5) is 4.09. The maximum Gasteiger partial charge on any atom is 0.265 e. The van der Waals surface area contributed by atoms with Crippen LogP contribution >= 0.6 is 24.0 Å². The lowest BCUT2D eigenvalue weighted by molar-refractivity contribution is 0.304. The van der Waals surface area contributed by atoms with Crippen molar-refractivity contribution in [3.63, 3.8) is 0 Å². The number of nitrogens with zero attached hydrogens (tertiary/aromatic N) is 1. The van der Waals surface area contributed by atoms with Gasteiger partial charge in [0, 0.05) is 17.3 Å². The molecule has 1 aromatic rings. The minimum Gasteiger partial charge on any atom is -0.261 e. The fourth-order valence-corrected chi connectivity index (χ4v) is 2.73. The fourth-order valence-electron chi connectivity index (χ4n) is 0.914. The number of thiocarbonyl (C=S) groups is 1. The average Bonchev–Trinajstić information content (AvgIpc) is 2.24. The number of thioether (sulfide) groups is 1. The van der Waals surface area contributed by atoms with Crippen molar-refractivity contribution in [1.29, 1.82) is 0 Å². The molecule has 0 aliphatic rings. The summed E-state index contributed by atoms with van der Waals surface area (Å²) < 4.78 is 26.6. The molecule has 0 N–H and O–H groups in total. The van der Waals surface area contributed by atoms with E-state index in [4.69, 9.17) is 16.4 Å². The monoisotopic (exact) mass is 277 g/mol. The summed E-state index contributed by atoms with van der Waals surface area (Å²) in [6.07, 6.45) is 2.08. The van der Waals surface area contributed by atoms with Crippen molar-refractivity contribution in [2.24, 2.45) is 0 Å². The highest BCUT2D eigenvalue weighted by Gasteiger charge is 2.13. The Bertz CT molecular complexity index is 433. The SMILES string of the molecule is CS(=O)(=O)OC(C=S)CSc1ccccn1. The molecule has 0 aliphatic heterocycles. The van der Waals surface area contributed by atoms with Gasteiger partial charge in [-0.2, -0.15) is 8.42 Å². The highest BCUT2D eigenvalue weighted by Crippen LogP contribution is 2.16. The summed E-state index contributed by atoms with van der Waals surface area (Å²) >= 11 is 6.10. The van der Waals surface area contributed by atoms with Crippen LogP contribution in [0.25, 0.3) is 0 Å². The van der Waals surface area contributed by atoms with Crippen molar-refractivity contribution in [3.8, 4) is 0 Å². The minimum absolute atomic E-state index is 0.424. The summed E-state index contributed by atoms with van der Waals surface area (Å²) in [7, 11) is -3.47. The molecule has 0 saturated carbocycles. The zero-order valence-electron chi connectivity index (χ0n) is 8.57. The molecule has 7 heteroatoms. The van der Waals surface area contributed by atoms with Gasteiger partial charge < -0.3 is 0 Å². The molecular weight excluding hydrogens is 266 g/mol. The van der Waals surface area contributed by atoms with Crippen LogP contribution in [0.15, 0.2) is 29.4 Å². The van der Waals surface area contributed by atoms with E-state index in [1.807, 2.05) is 18.2 Å². The van der Waals surface area contributed by atoms with Gasteiger partial charge in [0.15, 0.2) is 0 Å². The van der Waals surface area contributed by atoms with E-state index in [1.165, 1.54) is 17.1 Å². The molecule has 1 heterocycles. The van der Waals surface area contributed by atoms with Crippen LogP contribution in [0.1, 0.15) is 0 Å². The molecule has 1 rings (SSSR count). The van der Waals surface area contributed by atoms with Gasteiger partial charge in [-0.3, -0.25) is 4.18 Å². The van der Waals surface area contributed by atoms with E-state index in [9.17, 15) is 8.42 Å². The lowest BCUT2D eigenvalue weighted by Crippen LogP contribution is -2.20. The van der Waals surface area contributed by atoms with Crippen LogP contribution < -0.4 is 0 Å². The Morgan fingerprint density at radius 3 is 2.88 bits per heavy atom. The van der Waals surface area contributed by atoms with Gasteiger partial charge in [-0.1, -0.05) is 18.3 Å². The third-order valence-electron chi connectivity index (χ3n) is 1.48. The van der Waals surface area contributed by atoms with E-state index in [0.29, 0.717) is 5.75 Å². The number of hydrogen-bond acceptors (Lipinski definition) is 6. The summed E-state index contributed by atoms with van der Waals surface area (Å²) in [5.74, 6) is 0.424. The van der Waals surface area contributed by atoms with Gasteiger partial charge in [-0.05, 0) is 12.1 Å². The molecule has 4 nitrogen and oxygen atoms in total. The molecular formula is C9H11NO3S3. The second-order valence-electron chi connectivity index (χ2n) is 2.95. The molecule has 0 aliphatic carbocycles. The first-order valence-electron chi connectivity index (χ1n) is 4.38. The maximum absolute atomic E-state index is 10.9. The van der Waals surface area contributed by atoms with E-state index in [2.05, 4.69) is 4.98 Å². The van der Waals surface area contributed by atoms with E-state index in [-0.39, 0.29) is 0 Å². The standard InChI is InChI=1S/C9H11NO3S3/c1-16(11,12)13-8(6-14)7-15-9-4-2-3-5-10-9/h2-6,8H,7H2,1H3. The van der Waals surface area contributed by atoms with Crippen LogP contribution in [-0.2, 0) is 14.3 Å². The molecule has 0 aromatic carbocycles. The van der Waals surface area contributed by atoms with Gasteiger partial charge in [-0.25, -0.2) is 4.98 Å². The number of rotatable bonds is 6. The summed E-state index contributed by atoms with van der Waals surface area (Å²) in [6.45, 7) is 0. The average molecular weight is 277 g/mol. The largest absolute Gasteiger partial charge is 0.265 e. The second-order valence-corrected chi connectivity index (χ2v) is 5.87. The van der Waals surface area contributed by atoms with Gasteiger partial charge in [0.1, 0.15) is 6.10 Å². The maximum atomic E-state index is 10.9. The van der Waals surface area contributed by atoms with Crippen molar-refractivity contribution in [1.82, 2.24) is 4.98 Å². The molecule has 1 unspecified atom stereocenters. The Labute approximate surface area is 105 Å². The molecule has 0 spiro atoms. The molecule has 16 heavy (non-hydrogen) atoms. The van der Waals surface area contributed by atoms with Gasteiger partial charge in [0.05, 0.1) is 11.3 Å². The van der Waals surface area contributed by atoms with E-state index >= 15 is 0 Å². The van der Waals surface area contributed by atoms with Gasteiger partial charge in [0.25, 0.3) is 10.1 Å². The van der Waals surface area contributed by atoms with Crippen LogP contribution in [-0.4, -0.2) is 36.9 Å². The first-order valence-corrected chi connectivity index (χ1v) is 7.66. The summed E-state index contributed by atoms with van der Waals surface area (Å²) in [5.41, 5.74) is 0. The lowest BCUT2D eigenvalue weighted by Gasteiger charge is -2.09. The van der Waals surface area contributed by atoms with Crippen molar-refractivity contribution >= 4 is 39.5 Å². The predicted octanol–water partition coefficient (Wildman–Crippen LogP) is 1.52. The third kappa shape index (κ3) is 5.55. The Morgan fingerprint density at radius 1 is 1.62 bits per heavy atom. The zero-order valence-corrected chi connectivity index (χ0v) is 11.0. The Morgan fingerprint density at radius 2 is 2.38 bits per heavy atom. The Hall–Kier alpha value is -0.500. The van der Waals surface area contributed by atoms with Crippen molar-refractivity contribution in [2.45, 2.75) is 11.1 Å². The topological polar surface area (TPSA) is 56.3 Å². The Kier molecular flexibility index (Phi) is 5.33. The molecule has 0 amide bonds. The fraction of sp³-hybridized carbons (Fsp3) is 0.333. The number of pyridine rings is 1. The van der Waals surface area contributed by atoms with Crippen molar-refractivity contribution in [3.05, 3.63) is 24.4 Å². The van der Waals surface area contributed by atoms with E-state index < -0.39 is 16.2 Å². The highest BCUT2D eigenvalue weighted by atomic mass is 32.2. The van der Waals surface area contributed by atoms with E-state index in [1.54, 1.807) is 6.20 Å². The van der Waals surface area contributed by atoms with Crippen LogP contribution in [0.2, 0.25) is 0 Å². The third-order valence-corrected chi connectivity index (χ3v) is 3.42. The Balaban J connectivity index is 2.50. The van der Waals surface area contributed by atoms with Crippen LogP contribution in [0, 0.1) is 0 Å². The summed E-state index contributed by atoms with van der Waals surface area (Å²) in [6, 6.07) is 5.51. The van der Waals surface area contributed by atoms with E-state index in [0.717, 1.165) is 11.3 Å². The normalized spacial score (nSPS) is 13.3. The molecule has 1 aromatic heterocycles. The van der Waals surface area contributed by atoms with Gasteiger partial charge in [-0.15, -0.1) is 11.8 Å². The predicted molar refractivity (Wildman–Crippen MR) is 68.3 cm³/mol. The smallest absolute Gasteiger partial charge is 0.261 e. The first kappa shape index (κ1) is 13.6. The van der Waals surface area contributed by atoms with Crippen molar-refractivity contribution in [2.75, 3.05) is 12.0 Å². The summed E-state index contributed by atoms with van der Waals surface area (Å²) in [5, 5.41) is 2.11. The highest BCUT2D eigenvalue weighted by molar-refractivity contribution is 7.99. The van der Waals surface area contributed by atoms with Crippen molar-refractivity contribution < 1.29 is 12.6 Å². The minimum atomic E-state index is -3.47. The molecule has 0 radical (unpaired) electrons. The van der Waals surface area contributed by atoms with Gasteiger partial charge in [0.2, 0.25) is 0 Å². The molecule has 1 atom stereocenters. The molecule has 0 saturated heterocycles. The number of hydrogen-bond donors (Lipinski definition) is 0.